The summed E-state index contributed by atoms with van der Waals surface area (Å²) in [4.78, 5) is 0. The van der Waals surface area contributed by atoms with Gasteiger partial charge < -0.3 is 9.73 Å². The van der Waals surface area contributed by atoms with Crippen LogP contribution in [0.5, 0.6) is 0 Å². The van der Waals surface area contributed by atoms with Gasteiger partial charge >= 0.3 is 0 Å². The van der Waals surface area contributed by atoms with Gasteiger partial charge in [0.15, 0.2) is 5.76 Å². The standard InChI is InChI=1S/C13H18N4O/c1-2-7-17-12(9-15-16-17)13-6-5-11(18-13)8-14-10-3-4-10/h5-6,9-10,14H,2-4,7-8H2,1H3. The van der Waals surface area contributed by atoms with Crippen LogP contribution in [0.3, 0.4) is 0 Å². The molecule has 0 atom stereocenters. The largest absolute Gasteiger partial charge is 0.458 e. The molecule has 1 N–H and O–H groups in total. The zero-order chi connectivity index (χ0) is 12.4. The highest BCUT2D eigenvalue weighted by Gasteiger charge is 2.20. The van der Waals surface area contributed by atoms with Crippen LogP contribution in [0, 0.1) is 0 Å². The molecule has 5 nitrogen and oxygen atoms in total. The summed E-state index contributed by atoms with van der Waals surface area (Å²) < 4.78 is 7.72. The van der Waals surface area contributed by atoms with E-state index < -0.39 is 0 Å². The molecule has 0 unspecified atom stereocenters. The lowest BCUT2D eigenvalue weighted by molar-refractivity contribution is 0.484. The summed E-state index contributed by atoms with van der Waals surface area (Å²) >= 11 is 0. The normalized spacial score (nSPS) is 15.2. The van der Waals surface area contributed by atoms with E-state index in [0.29, 0.717) is 6.04 Å². The van der Waals surface area contributed by atoms with E-state index in [9.17, 15) is 0 Å². The molecule has 2 aromatic heterocycles. The van der Waals surface area contributed by atoms with Crippen LogP contribution in [0.25, 0.3) is 11.5 Å². The number of hydrogen-bond donors (Lipinski definition) is 1. The molecule has 0 spiro atoms. The van der Waals surface area contributed by atoms with Crippen molar-refractivity contribution in [2.24, 2.45) is 0 Å². The van der Waals surface area contributed by atoms with E-state index in [1.165, 1.54) is 12.8 Å². The van der Waals surface area contributed by atoms with Gasteiger partial charge in [-0.3, -0.25) is 0 Å². The fraction of sp³-hybridized carbons (Fsp3) is 0.538. The Kier molecular flexibility index (Phi) is 3.15. The zero-order valence-corrected chi connectivity index (χ0v) is 10.6. The topological polar surface area (TPSA) is 55.9 Å². The van der Waals surface area contributed by atoms with Crippen LogP contribution < -0.4 is 5.32 Å². The minimum absolute atomic E-state index is 0.700. The van der Waals surface area contributed by atoms with Crippen molar-refractivity contribution in [3.05, 3.63) is 24.1 Å². The Bertz CT molecular complexity index is 513. The van der Waals surface area contributed by atoms with E-state index in [2.05, 4.69) is 22.6 Å². The number of aryl methyl sites for hydroxylation is 1. The van der Waals surface area contributed by atoms with Crippen molar-refractivity contribution in [2.45, 2.75) is 45.3 Å². The van der Waals surface area contributed by atoms with Gasteiger partial charge in [0.25, 0.3) is 0 Å². The van der Waals surface area contributed by atoms with Crippen LogP contribution in [0.15, 0.2) is 22.7 Å². The highest BCUT2D eigenvalue weighted by atomic mass is 16.3. The Morgan fingerprint density at radius 2 is 2.33 bits per heavy atom. The first-order valence-corrected chi connectivity index (χ1v) is 6.58. The maximum absolute atomic E-state index is 5.83. The monoisotopic (exact) mass is 246 g/mol. The molecule has 1 aliphatic rings. The molecule has 0 aliphatic heterocycles. The third-order valence-corrected chi connectivity index (χ3v) is 3.11. The molecular weight excluding hydrogens is 228 g/mol. The molecule has 1 saturated carbocycles. The van der Waals surface area contributed by atoms with Gasteiger partial charge in [0.1, 0.15) is 11.5 Å². The number of nitrogens with zero attached hydrogens (tertiary/aromatic N) is 3. The van der Waals surface area contributed by atoms with Crippen LogP contribution in [-0.2, 0) is 13.1 Å². The SMILES string of the molecule is CCCn1nncc1-c1ccc(CNC2CC2)o1. The van der Waals surface area contributed by atoms with Crippen molar-refractivity contribution in [3.8, 4) is 11.5 Å². The van der Waals surface area contributed by atoms with Gasteiger partial charge in [-0.15, -0.1) is 5.10 Å². The summed E-state index contributed by atoms with van der Waals surface area (Å²) in [5.74, 6) is 1.82. The van der Waals surface area contributed by atoms with Gasteiger partial charge in [-0.25, -0.2) is 4.68 Å². The first kappa shape index (κ1) is 11.5. The molecule has 0 aromatic carbocycles. The predicted octanol–water partition coefficient (Wildman–Crippen LogP) is 2.20. The molecule has 0 amide bonds. The summed E-state index contributed by atoms with van der Waals surface area (Å²) in [5, 5.41) is 11.5. The highest BCUT2D eigenvalue weighted by molar-refractivity contribution is 5.51. The minimum atomic E-state index is 0.700. The molecule has 96 valence electrons. The molecule has 18 heavy (non-hydrogen) atoms. The predicted molar refractivity (Wildman–Crippen MR) is 67.9 cm³/mol. The summed E-state index contributed by atoms with van der Waals surface area (Å²) in [7, 11) is 0. The van der Waals surface area contributed by atoms with Crippen LogP contribution in [0.2, 0.25) is 0 Å². The lowest BCUT2D eigenvalue weighted by Gasteiger charge is -2.02. The van der Waals surface area contributed by atoms with Crippen molar-refractivity contribution in [1.82, 2.24) is 20.3 Å². The summed E-state index contributed by atoms with van der Waals surface area (Å²) in [6, 6.07) is 4.72. The molecule has 0 bridgehead atoms. The molecular formula is C13H18N4O. The number of hydrogen-bond acceptors (Lipinski definition) is 4. The second kappa shape index (κ2) is 4.94. The smallest absolute Gasteiger partial charge is 0.154 e. The van der Waals surface area contributed by atoms with Crippen LogP contribution in [0.4, 0.5) is 0 Å². The maximum Gasteiger partial charge on any atom is 0.154 e. The Morgan fingerprint density at radius 3 is 3.11 bits per heavy atom. The van der Waals surface area contributed by atoms with Crippen molar-refractivity contribution < 1.29 is 4.42 Å². The lowest BCUT2D eigenvalue weighted by atomic mass is 10.3. The van der Waals surface area contributed by atoms with Crippen molar-refractivity contribution >= 4 is 0 Å². The number of rotatable bonds is 6. The van der Waals surface area contributed by atoms with E-state index >= 15 is 0 Å². The quantitative estimate of drug-likeness (QED) is 0.849. The molecule has 5 heteroatoms. The Balaban J connectivity index is 1.72. The second-order valence-corrected chi connectivity index (χ2v) is 4.76. The third kappa shape index (κ3) is 2.46. The van der Waals surface area contributed by atoms with E-state index in [1.807, 2.05) is 16.8 Å². The molecule has 1 aliphatic carbocycles. The Morgan fingerprint density at radius 1 is 1.44 bits per heavy atom. The van der Waals surface area contributed by atoms with Crippen LogP contribution >= 0.6 is 0 Å². The van der Waals surface area contributed by atoms with Gasteiger partial charge in [-0.1, -0.05) is 12.1 Å². The molecule has 1 fully saturated rings. The molecule has 3 rings (SSSR count). The molecule has 0 saturated heterocycles. The van der Waals surface area contributed by atoms with E-state index in [0.717, 1.165) is 36.7 Å². The first-order valence-electron chi connectivity index (χ1n) is 6.58. The van der Waals surface area contributed by atoms with Crippen molar-refractivity contribution in [1.29, 1.82) is 0 Å². The second-order valence-electron chi connectivity index (χ2n) is 4.76. The lowest BCUT2D eigenvalue weighted by Crippen LogP contribution is -2.14. The summed E-state index contributed by atoms with van der Waals surface area (Å²) in [6.07, 6.45) is 5.38. The summed E-state index contributed by atoms with van der Waals surface area (Å²) in [5.41, 5.74) is 0.953. The van der Waals surface area contributed by atoms with Crippen LogP contribution in [-0.4, -0.2) is 21.0 Å². The number of aromatic nitrogens is 3. The Labute approximate surface area is 106 Å². The third-order valence-electron chi connectivity index (χ3n) is 3.11. The van der Waals surface area contributed by atoms with Crippen molar-refractivity contribution in [2.75, 3.05) is 0 Å². The average molecular weight is 246 g/mol. The average Bonchev–Trinajstić information content (AvgIpc) is 2.89. The fourth-order valence-electron chi connectivity index (χ4n) is 1.97. The van der Waals surface area contributed by atoms with Crippen LogP contribution in [0.1, 0.15) is 31.9 Å². The van der Waals surface area contributed by atoms with E-state index in [-0.39, 0.29) is 0 Å². The molecule has 2 aromatic rings. The maximum atomic E-state index is 5.83. The van der Waals surface area contributed by atoms with Gasteiger partial charge in [0, 0.05) is 12.6 Å². The van der Waals surface area contributed by atoms with E-state index in [4.69, 9.17) is 4.42 Å². The molecule has 0 radical (unpaired) electrons. The number of nitrogens with one attached hydrogen (secondary N) is 1. The van der Waals surface area contributed by atoms with Gasteiger partial charge in [-0.05, 0) is 31.4 Å². The molecule has 2 heterocycles. The van der Waals surface area contributed by atoms with E-state index in [1.54, 1.807) is 6.20 Å². The van der Waals surface area contributed by atoms with Gasteiger partial charge in [0.05, 0.1) is 12.7 Å². The fourth-order valence-corrected chi connectivity index (χ4v) is 1.97. The number of furan rings is 1. The van der Waals surface area contributed by atoms with Crippen molar-refractivity contribution in [3.63, 3.8) is 0 Å². The zero-order valence-electron chi connectivity index (χ0n) is 10.6. The first-order chi connectivity index (χ1) is 8.86. The van der Waals surface area contributed by atoms with Gasteiger partial charge in [0.2, 0.25) is 0 Å². The van der Waals surface area contributed by atoms with Gasteiger partial charge in [-0.2, -0.15) is 0 Å². The summed E-state index contributed by atoms with van der Waals surface area (Å²) in [6.45, 7) is 3.80. The Hall–Kier alpha value is -1.62. The minimum Gasteiger partial charge on any atom is -0.458 e. The highest BCUT2D eigenvalue weighted by Crippen LogP contribution is 2.23.